The molecule has 2 rings (SSSR count). The summed E-state index contributed by atoms with van der Waals surface area (Å²) in [4.78, 5) is 0. The van der Waals surface area contributed by atoms with Crippen LogP contribution in [0.2, 0.25) is 0 Å². The van der Waals surface area contributed by atoms with E-state index in [1.165, 1.54) is 31.4 Å². The van der Waals surface area contributed by atoms with E-state index in [9.17, 15) is 4.39 Å². The standard InChI is InChI=1S/C11H12ClF/c12-11(8-2-1-3-8)9-4-6-10(13)7-5-9/h4-8,11H,1-3H2. The lowest BCUT2D eigenvalue weighted by Crippen LogP contribution is -2.16. The summed E-state index contributed by atoms with van der Waals surface area (Å²) in [5, 5.41) is 0.0781. The van der Waals surface area contributed by atoms with Gasteiger partial charge >= 0.3 is 0 Å². The summed E-state index contributed by atoms with van der Waals surface area (Å²) < 4.78 is 12.6. The Labute approximate surface area is 82.7 Å². The normalized spacial score (nSPS) is 19.5. The third-order valence-corrected chi connectivity index (χ3v) is 3.36. The number of rotatable bonds is 2. The van der Waals surface area contributed by atoms with Gasteiger partial charge in [-0.2, -0.15) is 0 Å². The second-order valence-electron chi connectivity index (χ2n) is 3.64. The van der Waals surface area contributed by atoms with E-state index in [0.29, 0.717) is 5.92 Å². The SMILES string of the molecule is Fc1ccc(C(Cl)C2CCC2)cc1. The van der Waals surface area contributed by atoms with Crippen LogP contribution in [0.3, 0.4) is 0 Å². The third kappa shape index (κ3) is 1.86. The lowest BCUT2D eigenvalue weighted by atomic mass is 9.80. The summed E-state index contributed by atoms with van der Waals surface area (Å²) in [5.74, 6) is 0.411. The predicted octanol–water partition coefficient (Wildman–Crippen LogP) is 3.91. The van der Waals surface area contributed by atoms with Crippen molar-refractivity contribution in [2.75, 3.05) is 0 Å². The minimum absolute atomic E-state index is 0.0781. The summed E-state index contributed by atoms with van der Waals surface area (Å²) in [5.41, 5.74) is 1.05. The first-order valence-electron chi connectivity index (χ1n) is 4.67. The Morgan fingerprint density at radius 2 is 1.85 bits per heavy atom. The first kappa shape index (κ1) is 9.01. The molecule has 1 aromatic carbocycles. The van der Waals surface area contributed by atoms with E-state index in [4.69, 9.17) is 11.6 Å². The first-order valence-corrected chi connectivity index (χ1v) is 5.10. The highest BCUT2D eigenvalue weighted by Crippen LogP contribution is 2.41. The minimum Gasteiger partial charge on any atom is -0.207 e. The molecule has 0 aliphatic heterocycles. The van der Waals surface area contributed by atoms with E-state index in [0.717, 1.165) is 5.56 Å². The van der Waals surface area contributed by atoms with Crippen molar-refractivity contribution in [1.29, 1.82) is 0 Å². The van der Waals surface area contributed by atoms with Gasteiger partial charge in [-0.05, 0) is 36.5 Å². The van der Waals surface area contributed by atoms with Crippen LogP contribution < -0.4 is 0 Å². The minimum atomic E-state index is -0.193. The van der Waals surface area contributed by atoms with Gasteiger partial charge < -0.3 is 0 Å². The monoisotopic (exact) mass is 198 g/mol. The number of hydrogen-bond acceptors (Lipinski definition) is 0. The van der Waals surface area contributed by atoms with Gasteiger partial charge in [0.25, 0.3) is 0 Å². The molecular weight excluding hydrogens is 187 g/mol. The molecule has 1 saturated carbocycles. The first-order chi connectivity index (χ1) is 6.27. The van der Waals surface area contributed by atoms with Gasteiger partial charge in [0.05, 0.1) is 5.38 Å². The Balaban J connectivity index is 2.10. The van der Waals surface area contributed by atoms with Crippen LogP contribution in [0, 0.1) is 11.7 Å². The molecule has 0 aromatic heterocycles. The molecule has 0 N–H and O–H groups in total. The second-order valence-corrected chi connectivity index (χ2v) is 4.11. The van der Waals surface area contributed by atoms with Crippen molar-refractivity contribution in [2.45, 2.75) is 24.6 Å². The maximum absolute atomic E-state index is 12.6. The third-order valence-electron chi connectivity index (χ3n) is 2.75. The summed E-state index contributed by atoms with van der Waals surface area (Å²) in [6.45, 7) is 0. The average Bonchev–Trinajstić information content (AvgIpc) is 2.02. The second kappa shape index (κ2) is 3.67. The molecule has 1 atom stereocenters. The Kier molecular flexibility index (Phi) is 2.54. The van der Waals surface area contributed by atoms with Gasteiger partial charge in [-0.1, -0.05) is 18.6 Å². The van der Waals surface area contributed by atoms with Gasteiger partial charge in [-0.25, -0.2) is 4.39 Å². The van der Waals surface area contributed by atoms with Crippen LogP contribution in [-0.2, 0) is 0 Å². The highest BCUT2D eigenvalue weighted by Gasteiger charge is 2.26. The van der Waals surface area contributed by atoms with Crippen LogP contribution >= 0.6 is 11.6 Å². The molecule has 0 spiro atoms. The number of halogens is 2. The highest BCUT2D eigenvalue weighted by atomic mass is 35.5. The summed E-state index contributed by atoms with van der Waals surface area (Å²) in [6.07, 6.45) is 3.71. The topological polar surface area (TPSA) is 0 Å². The van der Waals surface area contributed by atoms with E-state index in [1.807, 2.05) is 0 Å². The molecule has 0 bridgehead atoms. The van der Waals surface area contributed by atoms with Gasteiger partial charge in [0.15, 0.2) is 0 Å². The van der Waals surface area contributed by atoms with Crippen LogP contribution in [0.4, 0.5) is 4.39 Å². The molecule has 0 nitrogen and oxygen atoms in total. The quantitative estimate of drug-likeness (QED) is 0.633. The zero-order valence-electron chi connectivity index (χ0n) is 7.34. The molecule has 0 heterocycles. The smallest absolute Gasteiger partial charge is 0.123 e. The lowest BCUT2D eigenvalue weighted by Gasteiger charge is -2.30. The average molecular weight is 199 g/mol. The fraction of sp³-hybridized carbons (Fsp3) is 0.455. The van der Waals surface area contributed by atoms with Gasteiger partial charge in [-0.15, -0.1) is 11.6 Å². The molecule has 1 aromatic rings. The van der Waals surface area contributed by atoms with Gasteiger partial charge in [0.1, 0.15) is 5.82 Å². The zero-order valence-corrected chi connectivity index (χ0v) is 8.10. The molecule has 0 saturated heterocycles. The molecule has 2 heteroatoms. The van der Waals surface area contributed by atoms with E-state index in [2.05, 4.69) is 0 Å². The molecule has 13 heavy (non-hydrogen) atoms. The molecule has 0 radical (unpaired) electrons. The number of benzene rings is 1. The van der Waals surface area contributed by atoms with Crippen LogP contribution in [0.5, 0.6) is 0 Å². The molecule has 1 unspecified atom stereocenters. The highest BCUT2D eigenvalue weighted by molar-refractivity contribution is 6.21. The molecule has 1 fully saturated rings. The zero-order chi connectivity index (χ0) is 9.26. The Hall–Kier alpha value is -0.560. The Morgan fingerprint density at radius 1 is 1.23 bits per heavy atom. The maximum atomic E-state index is 12.6. The van der Waals surface area contributed by atoms with E-state index >= 15 is 0 Å². The molecular formula is C11H12ClF. The van der Waals surface area contributed by atoms with Crippen molar-refractivity contribution < 1.29 is 4.39 Å². The van der Waals surface area contributed by atoms with Crippen LogP contribution in [0.15, 0.2) is 24.3 Å². The molecule has 1 aliphatic rings. The Morgan fingerprint density at radius 3 is 2.31 bits per heavy atom. The van der Waals surface area contributed by atoms with Crippen molar-refractivity contribution in [2.24, 2.45) is 5.92 Å². The summed E-state index contributed by atoms with van der Waals surface area (Å²) >= 11 is 6.24. The van der Waals surface area contributed by atoms with Crippen molar-refractivity contribution in [3.05, 3.63) is 35.6 Å². The van der Waals surface area contributed by atoms with Crippen molar-refractivity contribution in [3.8, 4) is 0 Å². The van der Waals surface area contributed by atoms with E-state index < -0.39 is 0 Å². The molecule has 70 valence electrons. The maximum Gasteiger partial charge on any atom is 0.123 e. The van der Waals surface area contributed by atoms with Crippen LogP contribution in [-0.4, -0.2) is 0 Å². The lowest BCUT2D eigenvalue weighted by molar-refractivity contribution is 0.305. The summed E-state index contributed by atoms with van der Waals surface area (Å²) in [7, 11) is 0. The fourth-order valence-corrected chi connectivity index (χ4v) is 2.05. The van der Waals surface area contributed by atoms with Gasteiger partial charge in [-0.3, -0.25) is 0 Å². The van der Waals surface area contributed by atoms with Crippen LogP contribution in [0.25, 0.3) is 0 Å². The Bertz CT molecular complexity index is 277. The van der Waals surface area contributed by atoms with E-state index in [1.54, 1.807) is 12.1 Å². The predicted molar refractivity (Wildman–Crippen MR) is 52.3 cm³/mol. The van der Waals surface area contributed by atoms with Gasteiger partial charge in [0.2, 0.25) is 0 Å². The van der Waals surface area contributed by atoms with Crippen molar-refractivity contribution >= 4 is 11.6 Å². The number of alkyl halides is 1. The number of hydrogen-bond donors (Lipinski definition) is 0. The van der Waals surface area contributed by atoms with Crippen molar-refractivity contribution in [1.82, 2.24) is 0 Å². The van der Waals surface area contributed by atoms with Crippen molar-refractivity contribution in [3.63, 3.8) is 0 Å². The molecule has 1 aliphatic carbocycles. The van der Waals surface area contributed by atoms with Crippen LogP contribution in [0.1, 0.15) is 30.2 Å². The largest absolute Gasteiger partial charge is 0.207 e. The summed E-state index contributed by atoms with van der Waals surface area (Å²) in [6, 6.07) is 6.52. The van der Waals surface area contributed by atoms with Gasteiger partial charge in [0, 0.05) is 0 Å². The fourth-order valence-electron chi connectivity index (χ4n) is 1.65. The molecule has 0 amide bonds. The van der Waals surface area contributed by atoms with E-state index in [-0.39, 0.29) is 11.2 Å².